The molecule has 3 nitrogen and oxygen atoms in total. The van der Waals surface area contributed by atoms with Crippen LogP contribution >= 0.6 is 0 Å². The van der Waals surface area contributed by atoms with E-state index in [2.05, 4.69) is 10.5 Å². The molecule has 0 bridgehead atoms. The zero-order chi connectivity index (χ0) is 14.4. The lowest BCUT2D eigenvalue weighted by Gasteiger charge is -2.00. The zero-order valence-corrected chi connectivity index (χ0v) is 10.5. The molecule has 0 aromatic heterocycles. The lowest BCUT2D eigenvalue weighted by Crippen LogP contribution is -2.19. The quantitative estimate of drug-likeness (QED) is 0.676. The molecule has 2 aromatic rings. The van der Waals surface area contributed by atoms with Gasteiger partial charge < -0.3 is 0 Å². The predicted octanol–water partition coefficient (Wildman–Crippen LogP) is 2.66. The van der Waals surface area contributed by atoms with Gasteiger partial charge in [-0.3, -0.25) is 4.79 Å². The predicted molar refractivity (Wildman–Crippen MR) is 72.2 cm³/mol. The Kier molecular flexibility index (Phi) is 4.55. The molecule has 20 heavy (non-hydrogen) atoms. The van der Waals surface area contributed by atoms with Crippen LogP contribution in [0.2, 0.25) is 0 Å². The van der Waals surface area contributed by atoms with Crippen molar-refractivity contribution in [3.8, 4) is 0 Å². The van der Waals surface area contributed by atoms with Crippen molar-refractivity contribution in [3.63, 3.8) is 0 Å². The lowest BCUT2D eigenvalue weighted by atomic mass is 10.1. The second kappa shape index (κ2) is 6.56. The van der Waals surface area contributed by atoms with Crippen molar-refractivity contribution in [1.82, 2.24) is 5.43 Å². The van der Waals surface area contributed by atoms with Gasteiger partial charge in [0.15, 0.2) is 0 Å². The van der Waals surface area contributed by atoms with Gasteiger partial charge in [0.1, 0.15) is 11.6 Å². The molecule has 0 saturated heterocycles. The lowest BCUT2D eigenvalue weighted by molar-refractivity contribution is -0.120. The molecule has 0 unspecified atom stereocenters. The summed E-state index contributed by atoms with van der Waals surface area (Å²) < 4.78 is 25.4. The van der Waals surface area contributed by atoms with Gasteiger partial charge in [0.2, 0.25) is 5.91 Å². The molecule has 0 aliphatic heterocycles. The van der Waals surface area contributed by atoms with E-state index in [1.807, 2.05) is 0 Å². The van der Waals surface area contributed by atoms with Gasteiger partial charge in [-0.2, -0.15) is 5.10 Å². The normalized spacial score (nSPS) is 10.7. The van der Waals surface area contributed by atoms with Crippen molar-refractivity contribution < 1.29 is 13.6 Å². The Morgan fingerprint density at radius 3 is 2.15 bits per heavy atom. The van der Waals surface area contributed by atoms with E-state index in [9.17, 15) is 13.6 Å². The van der Waals surface area contributed by atoms with E-state index in [0.29, 0.717) is 11.1 Å². The van der Waals surface area contributed by atoms with E-state index < -0.39 is 0 Å². The number of hydrogen-bond acceptors (Lipinski definition) is 2. The third kappa shape index (κ3) is 4.28. The minimum absolute atomic E-state index is 0.112. The summed E-state index contributed by atoms with van der Waals surface area (Å²) in [6, 6.07) is 11.4. The van der Waals surface area contributed by atoms with Crippen LogP contribution in [0.15, 0.2) is 53.6 Å². The maximum atomic E-state index is 12.7. The van der Waals surface area contributed by atoms with Crippen molar-refractivity contribution in [1.29, 1.82) is 0 Å². The molecule has 1 N–H and O–H groups in total. The molecule has 2 aromatic carbocycles. The number of halogens is 2. The fourth-order valence-electron chi connectivity index (χ4n) is 1.55. The van der Waals surface area contributed by atoms with Gasteiger partial charge in [-0.1, -0.05) is 24.3 Å². The Morgan fingerprint density at radius 2 is 1.55 bits per heavy atom. The highest BCUT2D eigenvalue weighted by atomic mass is 19.1. The summed E-state index contributed by atoms with van der Waals surface area (Å²) in [5.74, 6) is -0.985. The van der Waals surface area contributed by atoms with Gasteiger partial charge in [-0.05, 0) is 35.4 Å². The van der Waals surface area contributed by atoms with E-state index in [1.165, 1.54) is 30.5 Å². The van der Waals surface area contributed by atoms with Crippen molar-refractivity contribution in [2.24, 2.45) is 5.10 Å². The average Bonchev–Trinajstić information content (AvgIpc) is 2.44. The highest BCUT2D eigenvalue weighted by Crippen LogP contribution is 2.03. The molecule has 0 atom stereocenters. The van der Waals surface area contributed by atoms with Crippen LogP contribution in [0, 0.1) is 11.6 Å². The van der Waals surface area contributed by atoms with Crippen LogP contribution in [-0.4, -0.2) is 12.1 Å². The van der Waals surface area contributed by atoms with Gasteiger partial charge in [0.05, 0.1) is 12.6 Å². The molecule has 0 aliphatic rings. The number of hydrazone groups is 1. The van der Waals surface area contributed by atoms with E-state index in [-0.39, 0.29) is 24.0 Å². The minimum Gasteiger partial charge on any atom is -0.273 e. The van der Waals surface area contributed by atoms with Gasteiger partial charge >= 0.3 is 0 Å². The number of amides is 1. The van der Waals surface area contributed by atoms with Crippen molar-refractivity contribution in [2.45, 2.75) is 6.42 Å². The SMILES string of the molecule is O=C(Cc1ccc(F)cc1)N/N=C\c1ccc(F)cc1. The first-order valence-electron chi connectivity index (χ1n) is 5.95. The second-order valence-electron chi connectivity index (χ2n) is 4.15. The first-order chi connectivity index (χ1) is 9.63. The number of carbonyl (C=O) groups excluding carboxylic acids is 1. The van der Waals surface area contributed by atoms with Crippen LogP contribution in [0.25, 0.3) is 0 Å². The van der Waals surface area contributed by atoms with E-state index in [1.54, 1.807) is 24.3 Å². The minimum atomic E-state index is -0.344. The molecule has 0 fully saturated rings. The summed E-state index contributed by atoms with van der Waals surface area (Å²) in [6.07, 6.45) is 1.53. The van der Waals surface area contributed by atoms with Crippen molar-refractivity contribution in [2.75, 3.05) is 0 Å². The highest BCUT2D eigenvalue weighted by molar-refractivity contribution is 5.83. The molecule has 0 aliphatic carbocycles. The zero-order valence-electron chi connectivity index (χ0n) is 10.5. The Hall–Kier alpha value is -2.56. The third-order valence-corrected chi connectivity index (χ3v) is 2.55. The van der Waals surface area contributed by atoms with E-state index in [0.717, 1.165) is 0 Å². The molecule has 1 amide bonds. The van der Waals surface area contributed by atoms with E-state index in [4.69, 9.17) is 0 Å². The Bertz CT molecular complexity index is 607. The number of hydrogen-bond donors (Lipinski definition) is 1. The van der Waals surface area contributed by atoms with Crippen LogP contribution < -0.4 is 5.43 Å². The molecule has 0 spiro atoms. The monoisotopic (exact) mass is 274 g/mol. The number of nitrogens with one attached hydrogen (secondary N) is 1. The van der Waals surface area contributed by atoms with Crippen molar-refractivity contribution >= 4 is 12.1 Å². The van der Waals surface area contributed by atoms with Crippen LogP contribution in [0.3, 0.4) is 0 Å². The average molecular weight is 274 g/mol. The fourth-order valence-corrected chi connectivity index (χ4v) is 1.55. The first kappa shape index (κ1) is 13.9. The Morgan fingerprint density at radius 1 is 1.00 bits per heavy atom. The van der Waals surface area contributed by atoms with Crippen molar-refractivity contribution in [3.05, 3.63) is 71.3 Å². The molecule has 5 heteroatoms. The van der Waals surface area contributed by atoms with Gasteiger partial charge in [-0.25, -0.2) is 14.2 Å². The summed E-state index contributed by atoms with van der Waals surface area (Å²) >= 11 is 0. The maximum Gasteiger partial charge on any atom is 0.244 e. The standard InChI is InChI=1S/C15H12F2N2O/c16-13-5-1-11(2-6-13)9-15(20)19-18-10-12-3-7-14(17)8-4-12/h1-8,10H,9H2,(H,19,20)/b18-10-. The first-order valence-corrected chi connectivity index (χ1v) is 5.95. The number of benzene rings is 2. The Balaban J connectivity index is 1.85. The second-order valence-corrected chi connectivity index (χ2v) is 4.15. The fraction of sp³-hybridized carbons (Fsp3) is 0.0667. The summed E-state index contributed by atoms with van der Waals surface area (Å²) in [5, 5.41) is 3.76. The number of carbonyl (C=O) groups is 1. The van der Waals surface area contributed by atoms with Crippen LogP contribution in [0.1, 0.15) is 11.1 Å². The third-order valence-electron chi connectivity index (χ3n) is 2.55. The van der Waals surface area contributed by atoms with Gasteiger partial charge in [0.25, 0.3) is 0 Å². The van der Waals surface area contributed by atoms with Crippen LogP contribution in [0.5, 0.6) is 0 Å². The largest absolute Gasteiger partial charge is 0.273 e. The molecule has 102 valence electrons. The molecule has 0 saturated carbocycles. The highest BCUT2D eigenvalue weighted by Gasteiger charge is 2.01. The molecular weight excluding hydrogens is 262 g/mol. The number of rotatable bonds is 4. The summed E-state index contributed by atoms with van der Waals surface area (Å²) in [7, 11) is 0. The van der Waals surface area contributed by atoms with Gasteiger partial charge in [-0.15, -0.1) is 0 Å². The molecule has 2 rings (SSSR count). The smallest absolute Gasteiger partial charge is 0.244 e. The summed E-state index contributed by atoms with van der Waals surface area (Å²) in [4.78, 5) is 11.6. The van der Waals surface area contributed by atoms with Crippen LogP contribution in [-0.2, 0) is 11.2 Å². The number of nitrogens with zero attached hydrogens (tertiary/aromatic N) is 1. The van der Waals surface area contributed by atoms with Crippen LogP contribution in [0.4, 0.5) is 8.78 Å². The Labute approximate surface area is 114 Å². The molecule has 0 radical (unpaired) electrons. The topological polar surface area (TPSA) is 41.5 Å². The van der Waals surface area contributed by atoms with E-state index >= 15 is 0 Å². The van der Waals surface area contributed by atoms with Gasteiger partial charge in [0, 0.05) is 0 Å². The molecule has 0 heterocycles. The molecular formula is C15H12F2N2O. The maximum absolute atomic E-state index is 12.7. The summed E-state index contributed by atoms with van der Waals surface area (Å²) in [5.41, 5.74) is 3.72. The summed E-state index contributed by atoms with van der Waals surface area (Å²) in [6.45, 7) is 0.